The van der Waals surface area contributed by atoms with Crippen LogP contribution in [0.3, 0.4) is 0 Å². The highest BCUT2D eigenvalue weighted by Gasteiger charge is 2.20. The Bertz CT molecular complexity index is 731. The summed E-state index contributed by atoms with van der Waals surface area (Å²) in [4.78, 5) is 8.54. The summed E-state index contributed by atoms with van der Waals surface area (Å²) in [6.07, 6.45) is 3.48. The van der Waals surface area contributed by atoms with E-state index in [0.717, 1.165) is 31.2 Å². The van der Waals surface area contributed by atoms with Gasteiger partial charge in [0.25, 0.3) is 0 Å². The molecule has 0 radical (unpaired) electrons. The summed E-state index contributed by atoms with van der Waals surface area (Å²) in [5.41, 5.74) is 0. The molecule has 2 N–H and O–H groups in total. The molecular formula is C17H23ClN6O. The Kier molecular flexibility index (Phi) is 5.75. The van der Waals surface area contributed by atoms with Gasteiger partial charge in [0.1, 0.15) is 24.0 Å². The molecule has 1 aliphatic rings. The molecule has 25 heavy (non-hydrogen) atoms. The summed E-state index contributed by atoms with van der Waals surface area (Å²) >= 11 is 6.12. The number of hydrogen-bond donors (Lipinski definition) is 2. The normalized spacial score (nSPS) is 18.4. The molecule has 0 fully saturated rings. The van der Waals surface area contributed by atoms with Crippen molar-refractivity contribution in [1.29, 1.82) is 0 Å². The Morgan fingerprint density at radius 3 is 3.12 bits per heavy atom. The first-order chi connectivity index (χ1) is 12.2. The molecule has 2 atom stereocenters. The van der Waals surface area contributed by atoms with Crippen molar-refractivity contribution in [3.8, 4) is 5.75 Å². The van der Waals surface area contributed by atoms with Gasteiger partial charge in [-0.25, -0.2) is 9.67 Å². The number of rotatable bonds is 5. The molecular weight excluding hydrogens is 340 g/mol. The molecule has 2 heterocycles. The summed E-state index contributed by atoms with van der Waals surface area (Å²) in [5, 5.41) is 11.6. The van der Waals surface area contributed by atoms with Gasteiger partial charge in [-0.1, -0.05) is 23.7 Å². The van der Waals surface area contributed by atoms with Crippen LogP contribution in [0.5, 0.6) is 5.75 Å². The maximum Gasteiger partial charge on any atom is 0.191 e. The quantitative estimate of drug-likeness (QED) is 0.627. The van der Waals surface area contributed by atoms with Gasteiger partial charge in [0.15, 0.2) is 5.96 Å². The number of benzene rings is 1. The van der Waals surface area contributed by atoms with Crippen LogP contribution in [0.25, 0.3) is 0 Å². The Morgan fingerprint density at radius 2 is 2.32 bits per heavy atom. The van der Waals surface area contributed by atoms with E-state index in [1.165, 1.54) is 0 Å². The molecule has 7 nitrogen and oxygen atoms in total. The lowest BCUT2D eigenvalue weighted by atomic mass is 10.1. The third kappa shape index (κ3) is 4.63. The maximum atomic E-state index is 6.12. The van der Waals surface area contributed by atoms with Gasteiger partial charge in [-0.15, -0.1) is 0 Å². The van der Waals surface area contributed by atoms with Crippen molar-refractivity contribution in [2.24, 2.45) is 4.99 Å². The summed E-state index contributed by atoms with van der Waals surface area (Å²) in [6.45, 7) is 3.40. The van der Waals surface area contributed by atoms with Gasteiger partial charge in [-0.05, 0) is 25.5 Å². The second-order valence-electron chi connectivity index (χ2n) is 6.05. The number of nitrogens with one attached hydrogen (secondary N) is 2. The number of aryl methyl sites for hydroxylation is 1. The highest BCUT2D eigenvalue weighted by atomic mass is 35.5. The molecule has 1 aliphatic heterocycles. The zero-order valence-electron chi connectivity index (χ0n) is 14.4. The number of nitrogens with zero attached hydrogens (tertiary/aromatic N) is 4. The van der Waals surface area contributed by atoms with Gasteiger partial charge < -0.3 is 15.4 Å². The van der Waals surface area contributed by atoms with E-state index in [2.05, 4.69) is 25.7 Å². The Balaban J connectivity index is 1.47. The van der Waals surface area contributed by atoms with Crippen molar-refractivity contribution in [3.63, 3.8) is 0 Å². The third-order valence-electron chi connectivity index (χ3n) is 4.09. The molecule has 1 aromatic carbocycles. The molecule has 1 aromatic heterocycles. The number of guanidine groups is 1. The maximum absolute atomic E-state index is 6.12. The molecule has 2 aromatic rings. The lowest BCUT2D eigenvalue weighted by molar-refractivity contribution is 0.223. The van der Waals surface area contributed by atoms with E-state index < -0.39 is 0 Å². The molecule has 8 heteroatoms. The Morgan fingerprint density at radius 1 is 1.48 bits per heavy atom. The average molecular weight is 363 g/mol. The van der Waals surface area contributed by atoms with E-state index in [4.69, 9.17) is 16.3 Å². The SMILES string of the molecule is CN=C(NCC(C)Oc1ccccc1Cl)NC1CCc2ncnn2C1. The zero-order valence-corrected chi connectivity index (χ0v) is 15.2. The summed E-state index contributed by atoms with van der Waals surface area (Å²) in [5.74, 6) is 2.48. The van der Waals surface area contributed by atoms with Crippen molar-refractivity contribution in [1.82, 2.24) is 25.4 Å². The van der Waals surface area contributed by atoms with Crippen molar-refractivity contribution in [2.45, 2.75) is 38.5 Å². The smallest absolute Gasteiger partial charge is 0.191 e. The second kappa shape index (κ2) is 8.20. The molecule has 0 saturated heterocycles. The van der Waals surface area contributed by atoms with E-state index in [0.29, 0.717) is 17.3 Å². The first-order valence-electron chi connectivity index (χ1n) is 8.40. The third-order valence-corrected chi connectivity index (χ3v) is 4.40. The first-order valence-corrected chi connectivity index (χ1v) is 8.78. The topological polar surface area (TPSA) is 76.4 Å². The number of halogens is 1. The van der Waals surface area contributed by atoms with Crippen molar-refractivity contribution >= 4 is 17.6 Å². The summed E-state index contributed by atoms with van der Waals surface area (Å²) < 4.78 is 7.81. The predicted molar refractivity (Wildman–Crippen MR) is 98.2 cm³/mol. The molecule has 3 rings (SSSR count). The van der Waals surface area contributed by atoms with Gasteiger partial charge in [-0.2, -0.15) is 5.10 Å². The predicted octanol–water partition coefficient (Wildman–Crippen LogP) is 1.88. The number of para-hydroxylation sites is 1. The van der Waals surface area contributed by atoms with Crippen LogP contribution in [-0.2, 0) is 13.0 Å². The zero-order chi connectivity index (χ0) is 17.6. The van der Waals surface area contributed by atoms with Crippen LogP contribution in [0.4, 0.5) is 0 Å². The minimum absolute atomic E-state index is 0.0493. The number of ether oxygens (including phenoxy) is 1. The molecule has 0 amide bonds. The standard InChI is InChI=1S/C17H23ClN6O/c1-12(25-15-6-4-3-5-14(15)18)9-20-17(19-2)23-13-7-8-16-21-11-22-24(16)10-13/h3-6,11-13H,7-10H2,1-2H3,(H2,19,20,23). The molecule has 0 bridgehead atoms. The minimum atomic E-state index is -0.0493. The van der Waals surface area contributed by atoms with Gasteiger partial charge >= 0.3 is 0 Å². The summed E-state index contributed by atoms with van der Waals surface area (Å²) in [6, 6.07) is 7.75. The fourth-order valence-corrected chi connectivity index (χ4v) is 2.96. The van der Waals surface area contributed by atoms with E-state index in [9.17, 15) is 0 Å². The Hall–Kier alpha value is -2.28. The van der Waals surface area contributed by atoms with Gasteiger partial charge in [0.2, 0.25) is 0 Å². The monoisotopic (exact) mass is 362 g/mol. The van der Waals surface area contributed by atoms with Gasteiger partial charge in [-0.3, -0.25) is 4.99 Å². The van der Waals surface area contributed by atoms with Crippen LogP contribution in [-0.4, -0.2) is 46.5 Å². The average Bonchev–Trinajstić information content (AvgIpc) is 3.08. The van der Waals surface area contributed by atoms with Gasteiger partial charge in [0.05, 0.1) is 18.1 Å². The molecule has 0 saturated carbocycles. The highest BCUT2D eigenvalue weighted by Crippen LogP contribution is 2.24. The van der Waals surface area contributed by atoms with E-state index in [-0.39, 0.29) is 12.1 Å². The molecule has 0 aliphatic carbocycles. The second-order valence-corrected chi connectivity index (χ2v) is 6.46. The lowest BCUT2D eigenvalue weighted by Gasteiger charge is -2.26. The summed E-state index contributed by atoms with van der Waals surface area (Å²) in [7, 11) is 1.76. The number of hydrogen-bond acceptors (Lipinski definition) is 4. The van der Waals surface area contributed by atoms with Crippen LogP contribution in [0.1, 0.15) is 19.2 Å². The first kappa shape index (κ1) is 17.5. The fourth-order valence-electron chi connectivity index (χ4n) is 2.78. The lowest BCUT2D eigenvalue weighted by Crippen LogP contribution is -2.48. The van der Waals surface area contributed by atoms with E-state index in [1.54, 1.807) is 13.4 Å². The van der Waals surface area contributed by atoms with E-state index in [1.807, 2.05) is 35.9 Å². The van der Waals surface area contributed by atoms with Crippen LogP contribution in [0.2, 0.25) is 5.02 Å². The highest BCUT2D eigenvalue weighted by molar-refractivity contribution is 6.32. The van der Waals surface area contributed by atoms with Crippen molar-refractivity contribution in [2.75, 3.05) is 13.6 Å². The van der Waals surface area contributed by atoms with E-state index >= 15 is 0 Å². The Labute approximate surface area is 152 Å². The van der Waals surface area contributed by atoms with Crippen molar-refractivity contribution < 1.29 is 4.74 Å². The largest absolute Gasteiger partial charge is 0.487 e. The molecule has 134 valence electrons. The minimum Gasteiger partial charge on any atom is -0.487 e. The van der Waals surface area contributed by atoms with Gasteiger partial charge in [0, 0.05) is 19.5 Å². The molecule has 2 unspecified atom stereocenters. The van der Waals surface area contributed by atoms with Crippen LogP contribution in [0.15, 0.2) is 35.6 Å². The van der Waals surface area contributed by atoms with Crippen LogP contribution in [0, 0.1) is 0 Å². The van der Waals surface area contributed by atoms with Crippen LogP contribution >= 0.6 is 11.6 Å². The molecule has 0 spiro atoms. The number of fused-ring (bicyclic) bond motifs is 1. The van der Waals surface area contributed by atoms with Crippen molar-refractivity contribution in [3.05, 3.63) is 41.4 Å². The number of aromatic nitrogens is 3. The van der Waals surface area contributed by atoms with Crippen LogP contribution < -0.4 is 15.4 Å². The number of aliphatic imine (C=N–C) groups is 1. The fraction of sp³-hybridized carbons (Fsp3) is 0.471.